The summed E-state index contributed by atoms with van der Waals surface area (Å²) in [5, 5.41) is 11.5. The fraction of sp³-hybridized carbons (Fsp3) is 0.462. The molecule has 1 aromatic carbocycles. The second-order valence-corrected chi connectivity index (χ2v) is 4.16. The number of nitrogens with zero attached hydrogens (tertiary/aromatic N) is 2. The van der Waals surface area contributed by atoms with Gasteiger partial charge in [0.2, 0.25) is 0 Å². The van der Waals surface area contributed by atoms with Crippen molar-refractivity contribution in [3.05, 3.63) is 29.8 Å². The van der Waals surface area contributed by atoms with Gasteiger partial charge in [-0.2, -0.15) is 0 Å². The quantitative estimate of drug-likeness (QED) is 0.262. The molecule has 0 saturated carbocycles. The van der Waals surface area contributed by atoms with Crippen molar-refractivity contribution in [3.8, 4) is 0 Å². The molecule has 1 rings (SSSR count). The van der Waals surface area contributed by atoms with E-state index in [2.05, 4.69) is 24.0 Å². The van der Waals surface area contributed by atoms with Crippen LogP contribution in [-0.4, -0.2) is 24.6 Å². The number of benzene rings is 1. The summed E-state index contributed by atoms with van der Waals surface area (Å²) >= 11 is 0. The Labute approximate surface area is 103 Å². The average Bonchev–Trinajstić information content (AvgIpc) is 2.38. The molecular weight excluding hydrogens is 214 g/mol. The van der Waals surface area contributed by atoms with Crippen LogP contribution in [0.25, 0.3) is 0 Å². The zero-order chi connectivity index (χ0) is 12.7. The molecule has 0 aliphatic heterocycles. The van der Waals surface area contributed by atoms with Gasteiger partial charge in [0.05, 0.1) is 0 Å². The van der Waals surface area contributed by atoms with Crippen molar-refractivity contribution in [2.75, 3.05) is 18.5 Å². The molecule has 0 unspecified atom stereocenters. The Bertz CT molecular complexity index is 359. The monoisotopic (exact) mass is 235 g/mol. The van der Waals surface area contributed by atoms with E-state index in [1.54, 1.807) is 0 Å². The van der Waals surface area contributed by atoms with E-state index in [-0.39, 0.29) is 5.84 Å². The fourth-order valence-corrected chi connectivity index (χ4v) is 1.67. The van der Waals surface area contributed by atoms with E-state index < -0.39 is 0 Å². The Balaban J connectivity index is 2.61. The number of hydrogen-bond acceptors (Lipinski definition) is 3. The summed E-state index contributed by atoms with van der Waals surface area (Å²) in [6.07, 6.45) is 3.69. The first-order valence-electron chi connectivity index (χ1n) is 5.98. The van der Waals surface area contributed by atoms with Crippen molar-refractivity contribution < 1.29 is 5.21 Å². The first kappa shape index (κ1) is 13.4. The topological polar surface area (TPSA) is 61.8 Å². The molecule has 0 bridgehead atoms. The Morgan fingerprint density at radius 1 is 1.29 bits per heavy atom. The third kappa shape index (κ3) is 3.98. The molecule has 0 atom stereocenters. The normalized spacial score (nSPS) is 11.5. The second-order valence-electron chi connectivity index (χ2n) is 4.16. The van der Waals surface area contributed by atoms with Crippen LogP contribution in [0.4, 0.5) is 5.69 Å². The van der Waals surface area contributed by atoms with Gasteiger partial charge in [-0.15, -0.1) is 0 Å². The summed E-state index contributed by atoms with van der Waals surface area (Å²) < 4.78 is 0. The van der Waals surface area contributed by atoms with Gasteiger partial charge in [-0.25, -0.2) is 0 Å². The molecule has 0 fully saturated rings. The third-order valence-corrected chi connectivity index (χ3v) is 2.81. The first-order valence-corrected chi connectivity index (χ1v) is 5.98. The molecule has 94 valence electrons. The van der Waals surface area contributed by atoms with E-state index in [1.165, 1.54) is 19.3 Å². The summed E-state index contributed by atoms with van der Waals surface area (Å²) in [6.45, 7) is 3.25. The fourth-order valence-electron chi connectivity index (χ4n) is 1.67. The van der Waals surface area contributed by atoms with Gasteiger partial charge in [0.15, 0.2) is 5.84 Å². The lowest BCUT2D eigenvalue weighted by molar-refractivity contribution is 0.318. The van der Waals surface area contributed by atoms with Crippen LogP contribution in [0.3, 0.4) is 0 Å². The number of nitrogens with two attached hydrogens (primary N) is 1. The third-order valence-electron chi connectivity index (χ3n) is 2.81. The van der Waals surface area contributed by atoms with Crippen molar-refractivity contribution in [2.24, 2.45) is 10.9 Å². The highest BCUT2D eigenvalue weighted by molar-refractivity contribution is 5.97. The lowest BCUT2D eigenvalue weighted by Crippen LogP contribution is -2.19. The molecule has 0 aliphatic rings. The number of oxime groups is 1. The van der Waals surface area contributed by atoms with Crippen LogP contribution in [0.1, 0.15) is 31.7 Å². The number of rotatable bonds is 6. The van der Waals surface area contributed by atoms with Gasteiger partial charge in [0, 0.05) is 24.8 Å². The van der Waals surface area contributed by atoms with Crippen molar-refractivity contribution in [3.63, 3.8) is 0 Å². The van der Waals surface area contributed by atoms with E-state index >= 15 is 0 Å². The molecule has 1 aromatic rings. The Morgan fingerprint density at radius 2 is 1.94 bits per heavy atom. The molecular formula is C13H21N3O. The zero-order valence-corrected chi connectivity index (χ0v) is 10.6. The van der Waals surface area contributed by atoms with Gasteiger partial charge in [-0.3, -0.25) is 0 Å². The molecule has 0 aliphatic carbocycles. The number of unbranched alkanes of at least 4 members (excludes halogenated alkanes) is 2. The van der Waals surface area contributed by atoms with Crippen molar-refractivity contribution in [1.29, 1.82) is 0 Å². The Kier molecular flexibility index (Phi) is 5.33. The van der Waals surface area contributed by atoms with Crippen LogP contribution in [0, 0.1) is 0 Å². The second kappa shape index (κ2) is 6.78. The maximum absolute atomic E-state index is 8.56. The van der Waals surface area contributed by atoms with Crippen LogP contribution in [-0.2, 0) is 0 Å². The molecule has 4 nitrogen and oxygen atoms in total. The predicted molar refractivity (Wildman–Crippen MR) is 71.7 cm³/mol. The largest absolute Gasteiger partial charge is 0.409 e. The maximum Gasteiger partial charge on any atom is 0.170 e. The van der Waals surface area contributed by atoms with Gasteiger partial charge in [-0.1, -0.05) is 24.9 Å². The van der Waals surface area contributed by atoms with E-state index in [0.29, 0.717) is 0 Å². The molecule has 17 heavy (non-hydrogen) atoms. The number of amidine groups is 1. The highest BCUT2D eigenvalue weighted by atomic mass is 16.4. The number of hydrogen-bond donors (Lipinski definition) is 2. The van der Waals surface area contributed by atoms with Crippen LogP contribution in [0.2, 0.25) is 0 Å². The molecule has 0 radical (unpaired) electrons. The van der Waals surface area contributed by atoms with E-state index in [1.807, 2.05) is 24.3 Å². The maximum atomic E-state index is 8.56. The summed E-state index contributed by atoms with van der Waals surface area (Å²) in [6, 6.07) is 7.69. The van der Waals surface area contributed by atoms with Gasteiger partial charge in [-0.05, 0) is 30.7 Å². The van der Waals surface area contributed by atoms with E-state index in [9.17, 15) is 0 Å². The molecule has 0 amide bonds. The first-order chi connectivity index (χ1) is 8.19. The average molecular weight is 235 g/mol. The predicted octanol–water partition coefficient (Wildman–Crippen LogP) is 2.41. The highest BCUT2D eigenvalue weighted by Gasteiger charge is 2.02. The molecule has 0 spiro atoms. The SMILES string of the molecule is CCCCCN(C)c1ccc(/C(N)=N/O)cc1. The number of anilines is 1. The van der Waals surface area contributed by atoms with Crippen LogP contribution in [0.15, 0.2) is 29.4 Å². The lowest BCUT2D eigenvalue weighted by Gasteiger charge is -2.19. The smallest absolute Gasteiger partial charge is 0.170 e. The van der Waals surface area contributed by atoms with Gasteiger partial charge >= 0.3 is 0 Å². The zero-order valence-electron chi connectivity index (χ0n) is 10.6. The van der Waals surface area contributed by atoms with Gasteiger partial charge in [0.25, 0.3) is 0 Å². The van der Waals surface area contributed by atoms with Gasteiger partial charge in [0.1, 0.15) is 0 Å². The van der Waals surface area contributed by atoms with Crippen molar-refractivity contribution in [1.82, 2.24) is 0 Å². The lowest BCUT2D eigenvalue weighted by atomic mass is 10.1. The summed E-state index contributed by atoms with van der Waals surface area (Å²) in [5.41, 5.74) is 7.39. The summed E-state index contributed by atoms with van der Waals surface area (Å²) in [4.78, 5) is 2.21. The van der Waals surface area contributed by atoms with Gasteiger partial charge < -0.3 is 15.8 Å². The summed E-state index contributed by atoms with van der Waals surface area (Å²) in [5.74, 6) is 0.144. The van der Waals surface area contributed by atoms with Crippen molar-refractivity contribution in [2.45, 2.75) is 26.2 Å². The van der Waals surface area contributed by atoms with Crippen LogP contribution >= 0.6 is 0 Å². The standard InChI is InChI=1S/C13H21N3O/c1-3-4-5-10-16(2)12-8-6-11(7-9-12)13(14)15-17/h6-9,17H,3-5,10H2,1-2H3,(H2,14,15). The summed E-state index contributed by atoms with van der Waals surface area (Å²) in [7, 11) is 2.08. The van der Waals surface area contributed by atoms with Crippen LogP contribution < -0.4 is 10.6 Å². The van der Waals surface area contributed by atoms with Crippen molar-refractivity contribution >= 4 is 11.5 Å². The highest BCUT2D eigenvalue weighted by Crippen LogP contribution is 2.14. The molecule has 4 heteroatoms. The van der Waals surface area contributed by atoms with E-state index in [4.69, 9.17) is 10.9 Å². The molecule has 0 heterocycles. The van der Waals surface area contributed by atoms with E-state index in [0.717, 1.165) is 17.8 Å². The minimum atomic E-state index is 0.144. The molecule has 0 saturated heterocycles. The molecule has 3 N–H and O–H groups in total. The Hall–Kier alpha value is -1.71. The Morgan fingerprint density at radius 3 is 2.47 bits per heavy atom. The molecule has 0 aromatic heterocycles. The van der Waals surface area contributed by atoms with Crippen LogP contribution in [0.5, 0.6) is 0 Å². The minimum Gasteiger partial charge on any atom is -0.409 e. The minimum absolute atomic E-state index is 0.144.